The van der Waals surface area contributed by atoms with E-state index < -0.39 is 14.2 Å². The van der Waals surface area contributed by atoms with E-state index in [0.717, 1.165) is 22.3 Å². The summed E-state index contributed by atoms with van der Waals surface area (Å²) in [5, 5.41) is 38.5. The van der Waals surface area contributed by atoms with Crippen LogP contribution >= 0.6 is 0 Å². The highest BCUT2D eigenvalue weighted by molar-refractivity contribution is 6.59. The van der Waals surface area contributed by atoms with Crippen molar-refractivity contribution >= 4 is 25.2 Å². The lowest BCUT2D eigenvalue weighted by molar-refractivity contribution is 0.424. The minimum atomic E-state index is -1.48. The van der Waals surface area contributed by atoms with Gasteiger partial charge < -0.3 is 20.1 Å². The molecule has 0 bridgehead atoms. The summed E-state index contributed by atoms with van der Waals surface area (Å²) in [6, 6.07) is 15.9. The maximum atomic E-state index is 9.64. The Hall–Kier alpha value is -2.37. The Morgan fingerprint density at radius 1 is 0.500 bits per heavy atom. The van der Waals surface area contributed by atoms with Gasteiger partial charge in [0.05, 0.1) is 0 Å². The summed E-state index contributed by atoms with van der Waals surface area (Å²) in [6.45, 7) is 8.68. The van der Waals surface area contributed by atoms with Crippen LogP contribution in [0.4, 0.5) is 0 Å². The monoisotopic (exact) mass is 398 g/mol. The fraction of sp³-hybridized carbons (Fsp3) is 0.250. The highest BCUT2D eigenvalue weighted by Crippen LogP contribution is 2.55. The third-order valence-electron chi connectivity index (χ3n) is 7.11. The molecule has 30 heavy (non-hydrogen) atoms. The van der Waals surface area contributed by atoms with Crippen molar-refractivity contribution in [2.75, 3.05) is 0 Å². The smallest absolute Gasteiger partial charge is 0.423 e. The Morgan fingerprint density at radius 2 is 0.833 bits per heavy atom. The van der Waals surface area contributed by atoms with Gasteiger partial charge in [0, 0.05) is 10.8 Å². The van der Waals surface area contributed by atoms with Gasteiger partial charge in [-0.15, -0.1) is 0 Å². The van der Waals surface area contributed by atoms with E-state index in [2.05, 4.69) is 39.8 Å². The van der Waals surface area contributed by atoms with Gasteiger partial charge in [-0.2, -0.15) is 0 Å². The average molecular weight is 398 g/mol. The average Bonchev–Trinajstić information content (AvgIpc) is 3.06. The maximum Gasteiger partial charge on any atom is 0.488 e. The quantitative estimate of drug-likeness (QED) is 0.496. The zero-order chi connectivity index (χ0) is 21.6. The van der Waals surface area contributed by atoms with Gasteiger partial charge >= 0.3 is 14.2 Å². The first-order valence-electron chi connectivity index (χ1n) is 10.2. The molecule has 0 saturated heterocycles. The van der Waals surface area contributed by atoms with Crippen molar-refractivity contribution in [3.8, 4) is 22.3 Å². The standard InChI is InChI=1S/C24H24B2O4/c1-23(2)19-9-13(25(27)28)5-7-15(19)17-12-22-18(11-21(17)23)16-8-6-14(26(29)30)10-20(16)24(22,3)4/h5-12,27-30H,1-4H3. The first-order chi connectivity index (χ1) is 14.0. The van der Waals surface area contributed by atoms with Gasteiger partial charge in [0.15, 0.2) is 0 Å². The lowest BCUT2D eigenvalue weighted by atomic mass is 9.75. The number of hydrogen-bond donors (Lipinski definition) is 4. The first kappa shape index (κ1) is 19.6. The molecule has 0 unspecified atom stereocenters. The van der Waals surface area contributed by atoms with Gasteiger partial charge in [0.1, 0.15) is 0 Å². The second kappa shape index (κ2) is 6.08. The van der Waals surface area contributed by atoms with E-state index in [1.807, 2.05) is 24.3 Å². The van der Waals surface area contributed by atoms with E-state index in [0.29, 0.717) is 10.9 Å². The molecule has 0 aliphatic heterocycles. The Kier molecular flexibility index (Phi) is 3.97. The Labute approximate surface area is 177 Å². The summed E-state index contributed by atoms with van der Waals surface area (Å²) in [5.74, 6) is 0. The van der Waals surface area contributed by atoms with Crippen molar-refractivity contribution in [3.05, 3.63) is 70.8 Å². The molecule has 150 valence electrons. The van der Waals surface area contributed by atoms with Crippen LogP contribution in [0.15, 0.2) is 48.5 Å². The van der Waals surface area contributed by atoms with Crippen LogP contribution in [0.25, 0.3) is 22.3 Å². The molecule has 4 nitrogen and oxygen atoms in total. The molecule has 0 radical (unpaired) electrons. The van der Waals surface area contributed by atoms with Crippen LogP contribution in [0, 0.1) is 0 Å². The lowest BCUT2D eigenvalue weighted by Crippen LogP contribution is -2.31. The zero-order valence-electron chi connectivity index (χ0n) is 17.6. The molecular formula is C24H24B2O4. The van der Waals surface area contributed by atoms with Crippen molar-refractivity contribution in [1.29, 1.82) is 0 Å². The van der Waals surface area contributed by atoms with Gasteiger partial charge in [-0.25, -0.2) is 0 Å². The topological polar surface area (TPSA) is 80.9 Å². The molecule has 0 spiro atoms. The van der Waals surface area contributed by atoms with Crippen LogP contribution in [0.1, 0.15) is 49.9 Å². The van der Waals surface area contributed by atoms with Crippen LogP contribution in [0.3, 0.4) is 0 Å². The molecule has 0 heterocycles. The molecule has 0 atom stereocenters. The van der Waals surface area contributed by atoms with E-state index in [1.165, 1.54) is 22.3 Å². The molecule has 4 N–H and O–H groups in total. The normalized spacial score (nSPS) is 16.5. The molecule has 3 aromatic carbocycles. The van der Waals surface area contributed by atoms with Crippen molar-refractivity contribution in [2.45, 2.75) is 38.5 Å². The SMILES string of the molecule is CC1(C)c2cc(B(O)O)ccc2-c2cc3c(cc21)-c1ccc(B(O)O)cc1C3(C)C. The molecule has 0 saturated carbocycles. The van der Waals surface area contributed by atoms with Gasteiger partial charge in [0.25, 0.3) is 0 Å². The third-order valence-corrected chi connectivity index (χ3v) is 7.11. The minimum absolute atomic E-state index is 0.265. The van der Waals surface area contributed by atoms with Gasteiger partial charge in [-0.3, -0.25) is 0 Å². The molecule has 6 heteroatoms. The molecule has 5 rings (SSSR count). The zero-order valence-corrected chi connectivity index (χ0v) is 17.6. The molecular weight excluding hydrogens is 374 g/mol. The minimum Gasteiger partial charge on any atom is -0.423 e. The largest absolute Gasteiger partial charge is 0.488 e. The van der Waals surface area contributed by atoms with Gasteiger partial charge in [-0.05, 0) is 67.6 Å². The van der Waals surface area contributed by atoms with Crippen LogP contribution in [0.2, 0.25) is 0 Å². The summed E-state index contributed by atoms with van der Waals surface area (Å²) < 4.78 is 0. The summed E-state index contributed by atoms with van der Waals surface area (Å²) in [4.78, 5) is 0. The summed E-state index contributed by atoms with van der Waals surface area (Å²) >= 11 is 0. The van der Waals surface area contributed by atoms with Crippen LogP contribution in [-0.2, 0) is 10.8 Å². The fourth-order valence-electron chi connectivity index (χ4n) is 5.32. The van der Waals surface area contributed by atoms with Crippen molar-refractivity contribution in [1.82, 2.24) is 0 Å². The Bertz CT molecular complexity index is 1120. The molecule has 2 aliphatic carbocycles. The second-order valence-electron chi connectivity index (χ2n) is 9.55. The molecule has 2 aliphatic rings. The number of hydrogen-bond acceptors (Lipinski definition) is 4. The van der Waals surface area contributed by atoms with E-state index >= 15 is 0 Å². The van der Waals surface area contributed by atoms with Gasteiger partial charge in [0.2, 0.25) is 0 Å². The predicted molar refractivity (Wildman–Crippen MR) is 121 cm³/mol. The maximum absolute atomic E-state index is 9.64. The van der Waals surface area contributed by atoms with E-state index in [-0.39, 0.29) is 10.8 Å². The highest BCUT2D eigenvalue weighted by Gasteiger charge is 2.42. The first-order valence-corrected chi connectivity index (χ1v) is 10.2. The predicted octanol–water partition coefficient (Wildman–Crippen LogP) is 1.66. The molecule has 0 amide bonds. The van der Waals surface area contributed by atoms with Crippen LogP contribution in [-0.4, -0.2) is 34.3 Å². The second-order valence-corrected chi connectivity index (χ2v) is 9.55. The lowest BCUT2D eigenvalue weighted by Gasteiger charge is -2.24. The van der Waals surface area contributed by atoms with Gasteiger partial charge in [-0.1, -0.05) is 64.1 Å². The summed E-state index contributed by atoms with van der Waals surface area (Å²) in [6.07, 6.45) is 0. The van der Waals surface area contributed by atoms with Crippen LogP contribution < -0.4 is 10.9 Å². The van der Waals surface area contributed by atoms with Crippen molar-refractivity contribution in [2.24, 2.45) is 0 Å². The van der Waals surface area contributed by atoms with Crippen LogP contribution in [0.5, 0.6) is 0 Å². The Morgan fingerprint density at radius 3 is 1.17 bits per heavy atom. The van der Waals surface area contributed by atoms with Crippen molar-refractivity contribution < 1.29 is 20.1 Å². The van der Waals surface area contributed by atoms with E-state index in [9.17, 15) is 20.1 Å². The molecule has 0 aromatic heterocycles. The summed E-state index contributed by atoms with van der Waals surface area (Å²) in [7, 11) is -2.97. The summed E-state index contributed by atoms with van der Waals surface area (Å²) in [5.41, 5.74) is 9.72. The van der Waals surface area contributed by atoms with E-state index in [1.54, 1.807) is 12.1 Å². The number of benzene rings is 3. The molecule has 0 fully saturated rings. The molecule has 3 aromatic rings. The van der Waals surface area contributed by atoms with Crippen molar-refractivity contribution in [3.63, 3.8) is 0 Å². The fourth-order valence-corrected chi connectivity index (χ4v) is 5.32. The highest BCUT2D eigenvalue weighted by atomic mass is 16.4. The third kappa shape index (κ3) is 2.45. The number of fused-ring (bicyclic) bond motifs is 6. The van der Waals surface area contributed by atoms with E-state index in [4.69, 9.17) is 0 Å². The Balaban J connectivity index is 1.75. The number of rotatable bonds is 2.